The monoisotopic (exact) mass is 229 g/mol. The number of guanidine groups is 1. The number of halogens is 1. The topological polar surface area (TPSA) is 36.4 Å². The molecule has 0 heterocycles. The highest BCUT2D eigenvalue weighted by molar-refractivity contribution is 14.0. The summed E-state index contributed by atoms with van der Waals surface area (Å²) in [6.07, 6.45) is 0. The lowest BCUT2D eigenvalue weighted by Crippen LogP contribution is -2.31. The molecule has 0 saturated heterocycles. The number of hydrogen-bond donors (Lipinski definition) is 2. The Morgan fingerprint density at radius 1 is 1.25 bits per heavy atom. The highest BCUT2D eigenvalue weighted by atomic mass is 127. The number of rotatable bonds is 0. The lowest BCUT2D eigenvalue weighted by Gasteiger charge is -1.99. The van der Waals surface area contributed by atoms with E-state index in [4.69, 9.17) is 0 Å². The molecule has 4 heteroatoms. The summed E-state index contributed by atoms with van der Waals surface area (Å²) in [7, 11) is 5.36. The first-order valence-corrected chi connectivity index (χ1v) is 2.17. The Bertz CT molecular complexity index is 65.7. The van der Waals surface area contributed by atoms with Gasteiger partial charge in [0.1, 0.15) is 0 Å². The average Bonchev–Trinajstić information content (AvgIpc) is 1.72. The number of hydrogen-bond acceptors (Lipinski definition) is 1. The maximum atomic E-state index is 3.82. The first kappa shape index (κ1) is 10.9. The summed E-state index contributed by atoms with van der Waals surface area (Å²) in [4.78, 5) is 3.82. The van der Waals surface area contributed by atoms with Crippen LogP contribution in [-0.4, -0.2) is 27.1 Å². The Morgan fingerprint density at radius 2 is 1.62 bits per heavy atom. The van der Waals surface area contributed by atoms with Gasteiger partial charge < -0.3 is 10.6 Å². The van der Waals surface area contributed by atoms with Crippen molar-refractivity contribution in [1.29, 1.82) is 0 Å². The summed E-state index contributed by atoms with van der Waals surface area (Å²) in [5.41, 5.74) is 0. The van der Waals surface area contributed by atoms with E-state index in [1.807, 2.05) is 14.1 Å². The molecule has 0 aliphatic heterocycles. The molecule has 0 rings (SSSR count). The molecule has 0 unspecified atom stereocenters. The molecule has 0 fully saturated rings. The predicted molar refractivity (Wildman–Crippen MR) is 46.9 cm³/mol. The van der Waals surface area contributed by atoms with Crippen LogP contribution >= 0.6 is 24.0 Å². The lowest BCUT2D eigenvalue weighted by atomic mass is 10.9. The van der Waals surface area contributed by atoms with E-state index in [0.717, 1.165) is 5.96 Å². The van der Waals surface area contributed by atoms with Gasteiger partial charge in [0.25, 0.3) is 0 Å². The van der Waals surface area contributed by atoms with Crippen molar-refractivity contribution >= 4 is 29.9 Å². The molecule has 2 N–H and O–H groups in total. The minimum absolute atomic E-state index is 0. The van der Waals surface area contributed by atoms with E-state index in [9.17, 15) is 0 Å². The molecule has 0 aromatic carbocycles. The molecule has 0 atom stereocenters. The molecule has 3 nitrogen and oxygen atoms in total. The maximum Gasteiger partial charge on any atom is 0.190 e. The highest BCUT2D eigenvalue weighted by Crippen LogP contribution is 1.55. The van der Waals surface area contributed by atoms with E-state index < -0.39 is 0 Å². The van der Waals surface area contributed by atoms with Gasteiger partial charge in [-0.2, -0.15) is 0 Å². The average molecular weight is 229 g/mol. The Labute approximate surface area is 67.0 Å². The van der Waals surface area contributed by atoms with Gasteiger partial charge in [-0.25, -0.2) is 0 Å². The largest absolute Gasteiger partial charge is 0.359 e. The Kier molecular flexibility index (Phi) is 9.53. The number of nitrogens with one attached hydrogen (secondary N) is 2. The quantitative estimate of drug-likeness (QED) is 0.349. The van der Waals surface area contributed by atoms with Crippen LogP contribution in [0.5, 0.6) is 0 Å². The third-order valence-electron chi connectivity index (χ3n) is 0.697. The van der Waals surface area contributed by atoms with E-state index in [2.05, 4.69) is 15.6 Å². The van der Waals surface area contributed by atoms with E-state index in [1.54, 1.807) is 7.05 Å². The molecule has 0 bridgehead atoms. The first-order valence-electron chi connectivity index (χ1n) is 2.17. The normalized spacial score (nSPS) is 6.38. The van der Waals surface area contributed by atoms with Crippen molar-refractivity contribution in [1.82, 2.24) is 10.6 Å². The van der Waals surface area contributed by atoms with Crippen molar-refractivity contribution in [3.05, 3.63) is 0 Å². The van der Waals surface area contributed by atoms with Gasteiger partial charge >= 0.3 is 0 Å². The zero-order chi connectivity index (χ0) is 5.70. The lowest BCUT2D eigenvalue weighted by molar-refractivity contribution is 1.01. The molecule has 0 aliphatic carbocycles. The summed E-state index contributed by atoms with van der Waals surface area (Å²) in [6, 6.07) is 0. The summed E-state index contributed by atoms with van der Waals surface area (Å²) in [5.74, 6) is 0.806. The molecule has 8 heavy (non-hydrogen) atoms. The van der Waals surface area contributed by atoms with Gasteiger partial charge in [0.05, 0.1) is 0 Å². The van der Waals surface area contributed by atoms with Gasteiger partial charge in [0, 0.05) is 21.1 Å². The fourth-order valence-corrected chi connectivity index (χ4v) is 0.349. The van der Waals surface area contributed by atoms with Crippen LogP contribution in [-0.2, 0) is 0 Å². The Hall–Kier alpha value is 0. The third kappa shape index (κ3) is 4.17. The number of nitrogens with zero attached hydrogens (tertiary/aromatic N) is 1. The van der Waals surface area contributed by atoms with Crippen LogP contribution in [0.2, 0.25) is 0 Å². The fourth-order valence-electron chi connectivity index (χ4n) is 0.349. The molecular formula is C4H12IN3. The third-order valence-corrected chi connectivity index (χ3v) is 0.697. The molecular weight excluding hydrogens is 217 g/mol. The summed E-state index contributed by atoms with van der Waals surface area (Å²) < 4.78 is 0. The van der Waals surface area contributed by atoms with Crippen molar-refractivity contribution < 1.29 is 0 Å². The van der Waals surface area contributed by atoms with Crippen molar-refractivity contribution in [2.45, 2.75) is 0 Å². The SMILES string of the molecule is CN=C(NC)NC.I. The highest BCUT2D eigenvalue weighted by Gasteiger charge is 1.79. The van der Waals surface area contributed by atoms with Crippen LogP contribution in [0.15, 0.2) is 4.99 Å². The van der Waals surface area contributed by atoms with E-state index in [-0.39, 0.29) is 24.0 Å². The minimum Gasteiger partial charge on any atom is -0.359 e. The zero-order valence-corrected chi connectivity index (χ0v) is 7.69. The second-order valence-corrected chi connectivity index (χ2v) is 1.07. The van der Waals surface area contributed by atoms with Crippen LogP contribution in [0.25, 0.3) is 0 Å². The number of aliphatic imine (C=N–C) groups is 1. The van der Waals surface area contributed by atoms with Crippen molar-refractivity contribution in [2.24, 2.45) is 4.99 Å². The van der Waals surface area contributed by atoms with Gasteiger partial charge in [-0.05, 0) is 0 Å². The summed E-state index contributed by atoms with van der Waals surface area (Å²) in [5, 5.41) is 5.68. The molecule has 0 spiro atoms. The molecule has 0 amide bonds. The van der Waals surface area contributed by atoms with Crippen LogP contribution < -0.4 is 10.6 Å². The maximum absolute atomic E-state index is 3.82. The Balaban J connectivity index is 0. The summed E-state index contributed by atoms with van der Waals surface area (Å²) >= 11 is 0. The van der Waals surface area contributed by atoms with Gasteiger partial charge in [0.15, 0.2) is 5.96 Å². The van der Waals surface area contributed by atoms with Crippen molar-refractivity contribution in [3.8, 4) is 0 Å². The van der Waals surface area contributed by atoms with E-state index in [1.165, 1.54) is 0 Å². The molecule has 50 valence electrons. The van der Waals surface area contributed by atoms with Crippen LogP contribution in [0.1, 0.15) is 0 Å². The second-order valence-electron chi connectivity index (χ2n) is 1.07. The smallest absolute Gasteiger partial charge is 0.190 e. The van der Waals surface area contributed by atoms with E-state index in [0.29, 0.717) is 0 Å². The van der Waals surface area contributed by atoms with Crippen LogP contribution in [0.3, 0.4) is 0 Å². The van der Waals surface area contributed by atoms with Crippen molar-refractivity contribution in [2.75, 3.05) is 21.1 Å². The Morgan fingerprint density at radius 3 is 1.62 bits per heavy atom. The van der Waals surface area contributed by atoms with Crippen LogP contribution in [0.4, 0.5) is 0 Å². The molecule has 0 saturated carbocycles. The predicted octanol–water partition coefficient (Wildman–Crippen LogP) is 0.0290. The zero-order valence-electron chi connectivity index (χ0n) is 5.36. The van der Waals surface area contributed by atoms with Gasteiger partial charge in [-0.1, -0.05) is 0 Å². The first-order chi connectivity index (χ1) is 3.35. The van der Waals surface area contributed by atoms with Gasteiger partial charge in [-0.3, -0.25) is 4.99 Å². The van der Waals surface area contributed by atoms with E-state index >= 15 is 0 Å². The second kappa shape index (κ2) is 7.00. The standard InChI is InChI=1S/C4H11N3.HI/c1-5-4(6-2)7-3;/h1-3H3,(H2,5,6,7);1H. The fraction of sp³-hybridized carbons (Fsp3) is 0.750. The molecule has 0 aromatic rings. The minimum atomic E-state index is 0. The molecule has 0 aliphatic rings. The summed E-state index contributed by atoms with van der Waals surface area (Å²) in [6.45, 7) is 0. The van der Waals surface area contributed by atoms with Gasteiger partial charge in [0.2, 0.25) is 0 Å². The van der Waals surface area contributed by atoms with Gasteiger partial charge in [-0.15, -0.1) is 24.0 Å². The van der Waals surface area contributed by atoms with Crippen LogP contribution in [0, 0.1) is 0 Å². The van der Waals surface area contributed by atoms with Crippen molar-refractivity contribution in [3.63, 3.8) is 0 Å². The molecule has 0 aromatic heterocycles. The molecule has 0 radical (unpaired) electrons.